The van der Waals surface area contributed by atoms with Gasteiger partial charge in [0.1, 0.15) is 0 Å². The fourth-order valence-electron chi connectivity index (χ4n) is 2.94. The van der Waals surface area contributed by atoms with Crippen molar-refractivity contribution in [2.45, 2.75) is 27.7 Å². The van der Waals surface area contributed by atoms with Crippen molar-refractivity contribution >= 4 is 34.5 Å². The van der Waals surface area contributed by atoms with Gasteiger partial charge in [0.2, 0.25) is 0 Å². The smallest absolute Gasteiger partial charge is 0.0633 e. The highest BCUT2D eigenvalue weighted by Crippen LogP contribution is 2.22. The Bertz CT molecular complexity index is 920. The fourth-order valence-corrected chi connectivity index (χ4v) is 3.27. The molecule has 0 N–H and O–H groups in total. The largest absolute Gasteiger partial charge is 0.318 e. The van der Waals surface area contributed by atoms with Gasteiger partial charge in [0.05, 0.1) is 5.69 Å². The molecule has 0 atom stereocenters. The Balaban J connectivity index is 1.97. The third-order valence-corrected chi connectivity index (χ3v) is 5.43. The van der Waals surface area contributed by atoms with Gasteiger partial charge in [0.15, 0.2) is 0 Å². The number of aryl methyl sites for hydroxylation is 3. The molecule has 0 bridgehead atoms. The van der Waals surface area contributed by atoms with E-state index in [-0.39, 0.29) is 0 Å². The highest BCUT2D eigenvalue weighted by molar-refractivity contribution is 14.1. The third-order valence-electron chi connectivity index (χ3n) is 4.22. The van der Waals surface area contributed by atoms with E-state index < -0.39 is 0 Å². The number of halogens is 1. The molecule has 0 fully saturated rings. The summed E-state index contributed by atoms with van der Waals surface area (Å²) in [6, 6.07) is 17.1. The van der Waals surface area contributed by atoms with E-state index in [9.17, 15) is 0 Å². The quantitative estimate of drug-likeness (QED) is 0.356. The van der Waals surface area contributed by atoms with Crippen LogP contribution in [0.15, 0.2) is 53.5 Å². The van der Waals surface area contributed by atoms with Gasteiger partial charge in [-0.05, 0) is 97.8 Å². The maximum absolute atomic E-state index is 4.66. The number of rotatable bonds is 3. The molecule has 3 rings (SSSR count). The van der Waals surface area contributed by atoms with Crippen LogP contribution in [0.4, 0.5) is 5.69 Å². The van der Waals surface area contributed by atoms with E-state index in [2.05, 4.69) is 108 Å². The summed E-state index contributed by atoms with van der Waals surface area (Å²) in [5, 5.41) is 0. The SMILES string of the molecule is Cc1cccc(-n2c(C)cc(C=Nc3ccc(I)c(C)c3)c2C)c1. The molecule has 122 valence electrons. The van der Waals surface area contributed by atoms with Crippen molar-refractivity contribution in [2.24, 2.45) is 4.99 Å². The third kappa shape index (κ3) is 3.46. The minimum absolute atomic E-state index is 0.994. The molecular formula is C21H21IN2. The molecule has 0 aliphatic heterocycles. The number of aromatic nitrogens is 1. The molecule has 0 saturated carbocycles. The Kier molecular flexibility index (Phi) is 4.90. The summed E-state index contributed by atoms with van der Waals surface area (Å²) in [5.74, 6) is 0. The van der Waals surface area contributed by atoms with Gasteiger partial charge in [0, 0.05) is 32.4 Å². The standard InChI is InChI=1S/C21H21IN2/c1-14-6-5-7-20(10-14)24-16(3)12-18(17(24)4)13-23-19-8-9-21(22)15(2)11-19/h5-13H,1-4H3. The van der Waals surface area contributed by atoms with Crippen molar-refractivity contribution in [1.82, 2.24) is 4.57 Å². The van der Waals surface area contributed by atoms with E-state index in [1.54, 1.807) is 0 Å². The molecule has 0 radical (unpaired) electrons. The van der Waals surface area contributed by atoms with Crippen LogP contribution in [0.3, 0.4) is 0 Å². The molecule has 0 aliphatic rings. The van der Waals surface area contributed by atoms with Crippen molar-refractivity contribution in [3.05, 3.63) is 80.2 Å². The molecule has 0 unspecified atom stereocenters. The maximum Gasteiger partial charge on any atom is 0.0633 e. The first-order chi connectivity index (χ1) is 11.5. The molecule has 2 nitrogen and oxygen atoms in total. The van der Waals surface area contributed by atoms with Gasteiger partial charge >= 0.3 is 0 Å². The molecule has 0 saturated heterocycles. The summed E-state index contributed by atoms with van der Waals surface area (Å²) in [5.41, 5.74) is 8.32. The lowest BCUT2D eigenvalue weighted by atomic mass is 10.2. The van der Waals surface area contributed by atoms with Crippen LogP contribution in [0.5, 0.6) is 0 Å². The molecule has 0 aliphatic carbocycles. The summed E-state index contributed by atoms with van der Waals surface area (Å²) < 4.78 is 3.55. The second-order valence-corrected chi connectivity index (χ2v) is 7.35. The number of hydrogen-bond donors (Lipinski definition) is 0. The number of aliphatic imine (C=N–C) groups is 1. The van der Waals surface area contributed by atoms with Gasteiger partial charge in [-0.2, -0.15) is 0 Å². The zero-order valence-electron chi connectivity index (χ0n) is 14.5. The van der Waals surface area contributed by atoms with Crippen molar-refractivity contribution in [1.29, 1.82) is 0 Å². The Hall–Kier alpha value is -1.88. The summed E-state index contributed by atoms with van der Waals surface area (Å²) in [4.78, 5) is 4.66. The molecule has 1 heterocycles. The monoisotopic (exact) mass is 428 g/mol. The Morgan fingerprint density at radius 1 is 0.958 bits per heavy atom. The van der Waals surface area contributed by atoms with Gasteiger partial charge < -0.3 is 4.57 Å². The lowest BCUT2D eigenvalue weighted by Gasteiger charge is -2.10. The number of nitrogens with zero attached hydrogens (tertiary/aromatic N) is 2. The molecule has 2 aromatic carbocycles. The lowest BCUT2D eigenvalue weighted by molar-refractivity contribution is 0.963. The molecular weight excluding hydrogens is 407 g/mol. The van der Waals surface area contributed by atoms with E-state index in [4.69, 9.17) is 0 Å². The van der Waals surface area contributed by atoms with Gasteiger partial charge in [-0.15, -0.1) is 0 Å². The van der Waals surface area contributed by atoms with Crippen LogP contribution in [0, 0.1) is 31.3 Å². The van der Waals surface area contributed by atoms with Gasteiger partial charge in [-0.25, -0.2) is 0 Å². The Morgan fingerprint density at radius 3 is 2.46 bits per heavy atom. The van der Waals surface area contributed by atoms with Crippen molar-refractivity contribution in [2.75, 3.05) is 0 Å². The Labute approximate surface area is 157 Å². The van der Waals surface area contributed by atoms with Crippen molar-refractivity contribution in [3.8, 4) is 5.69 Å². The van der Waals surface area contributed by atoms with Crippen molar-refractivity contribution in [3.63, 3.8) is 0 Å². The molecule has 24 heavy (non-hydrogen) atoms. The minimum atomic E-state index is 0.994. The minimum Gasteiger partial charge on any atom is -0.318 e. The Morgan fingerprint density at radius 2 is 1.75 bits per heavy atom. The zero-order valence-corrected chi connectivity index (χ0v) is 16.6. The van der Waals surface area contributed by atoms with Gasteiger partial charge in [-0.1, -0.05) is 12.1 Å². The first-order valence-corrected chi connectivity index (χ1v) is 9.10. The predicted molar refractivity (Wildman–Crippen MR) is 111 cm³/mol. The average Bonchev–Trinajstić information content (AvgIpc) is 2.82. The van der Waals surface area contributed by atoms with Gasteiger partial charge in [-0.3, -0.25) is 4.99 Å². The van der Waals surface area contributed by atoms with Crippen LogP contribution in [0.1, 0.15) is 28.1 Å². The van der Waals surface area contributed by atoms with E-state index in [0.717, 1.165) is 11.3 Å². The first-order valence-electron chi connectivity index (χ1n) is 8.02. The zero-order chi connectivity index (χ0) is 17.3. The predicted octanol–water partition coefficient (Wildman–Crippen LogP) is 6.07. The van der Waals surface area contributed by atoms with Gasteiger partial charge in [0.25, 0.3) is 0 Å². The molecule has 0 amide bonds. The highest BCUT2D eigenvalue weighted by Gasteiger charge is 2.09. The second kappa shape index (κ2) is 6.93. The average molecular weight is 428 g/mol. The topological polar surface area (TPSA) is 17.3 Å². The number of hydrogen-bond acceptors (Lipinski definition) is 1. The number of benzene rings is 2. The molecule has 3 heteroatoms. The highest BCUT2D eigenvalue weighted by atomic mass is 127. The van der Waals surface area contributed by atoms with Crippen LogP contribution < -0.4 is 0 Å². The normalized spacial score (nSPS) is 11.4. The van der Waals surface area contributed by atoms with Crippen molar-refractivity contribution < 1.29 is 0 Å². The fraction of sp³-hybridized carbons (Fsp3) is 0.190. The van der Waals surface area contributed by atoms with E-state index in [0.29, 0.717) is 0 Å². The van der Waals surface area contributed by atoms with E-state index >= 15 is 0 Å². The summed E-state index contributed by atoms with van der Waals surface area (Å²) in [6.07, 6.45) is 1.97. The second-order valence-electron chi connectivity index (χ2n) is 6.19. The molecule has 0 spiro atoms. The van der Waals surface area contributed by atoms with Crippen LogP contribution in [-0.4, -0.2) is 10.8 Å². The summed E-state index contributed by atoms with van der Waals surface area (Å²) >= 11 is 2.35. The molecule has 3 aromatic rings. The van der Waals surface area contributed by atoms with Crippen LogP contribution in [0.25, 0.3) is 5.69 Å². The lowest BCUT2D eigenvalue weighted by Crippen LogP contribution is -1.99. The van der Waals surface area contributed by atoms with E-state index in [1.165, 1.54) is 31.8 Å². The summed E-state index contributed by atoms with van der Waals surface area (Å²) in [7, 11) is 0. The maximum atomic E-state index is 4.66. The van der Waals surface area contributed by atoms with Crippen LogP contribution in [0.2, 0.25) is 0 Å². The van der Waals surface area contributed by atoms with Crippen LogP contribution >= 0.6 is 22.6 Å². The molecule has 1 aromatic heterocycles. The van der Waals surface area contributed by atoms with E-state index in [1.807, 2.05) is 6.21 Å². The first kappa shape index (κ1) is 17.0. The summed E-state index contributed by atoms with van der Waals surface area (Å²) in [6.45, 7) is 8.53. The van der Waals surface area contributed by atoms with Crippen LogP contribution in [-0.2, 0) is 0 Å².